The highest BCUT2D eigenvalue weighted by Gasteiger charge is 2.63. The summed E-state index contributed by atoms with van der Waals surface area (Å²) >= 11 is 0. The zero-order chi connectivity index (χ0) is 17.3. The largest absolute Gasteiger partial charge is 0.377 e. The Hall–Kier alpha value is -1.33. The average Bonchev–Trinajstić information content (AvgIpc) is 2.82. The first-order valence-electron chi connectivity index (χ1n) is 9.39. The van der Waals surface area contributed by atoms with Crippen LogP contribution in [0.5, 0.6) is 0 Å². The summed E-state index contributed by atoms with van der Waals surface area (Å²) in [6.45, 7) is 6.74. The van der Waals surface area contributed by atoms with Crippen LogP contribution in [0.25, 0.3) is 0 Å². The van der Waals surface area contributed by atoms with E-state index in [9.17, 15) is 9.90 Å². The number of hydrogen-bond donors (Lipinski definition) is 1. The molecule has 0 spiro atoms. The first kappa shape index (κ1) is 16.2. The second kappa shape index (κ2) is 4.85. The molecule has 0 radical (unpaired) electrons. The monoisotopic (exact) mass is 324 g/mol. The van der Waals surface area contributed by atoms with Gasteiger partial charge in [0.25, 0.3) is 0 Å². The summed E-state index contributed by atoms with van der Waals surface area (Å²) in [6.07, 6.45) is 15.5. The molecule has 2 heteroatoms. The Kier molecular flexibility index (Phi) is 3.27. The third-order valence-corrected chi connectivity index (χ3v) is 8.22. The maximum atomic E-state index is 12.0. The van der Waals surface area contributed by atoms with Crippen molar-refractivity contribution < 1.29 is 9.90 Å². The van der Waals surface area contributed by atoms with Crippen molar-refractivity contribution in [1.82, 2.24) is 0 Å². The number of allylic oxidation sites excluding steroid dienone is 4. The molecule has 6 atom stereocenters. The number of ketones is 1. The van der Waals surface area contributed by atoms with E-state index in [2.05, 4.69) is 32.8 Å². The van der Waals surface area contributed by atoms with E-state index in [-0.39, 0.29) is 16.6 Å². The molecule has 0 bridgehead atoms. The minimum atomic E-state index is -0.954. The predicted octanol–water partition coefficient (Wildman–Crippen LogP) is 4.05. The highest BCUT2D eigenvalue weighted by atomic mass is 16.3. The first-order chi connectivity index (χ1) is 11.2. The Labute approximate surface area is 145 Å². The fourth-order valence-corrected chi connectivity index (χ4v) is 6.67. The number of hydrogen-bond acceptors (Lipinski definition) is 2. The molecule has 0 aromatic carbocycles. The van der Waals surface area contributed by atoms with Gasteiger partial charge in [0.15, 0.2) is 5.78 Å². The van der Waals surface area contributed by atoms with E-state index in [0.29, 0.717) is 24.2 Å². The first-order valence-corrected chi connectivity index (χ1v) is 9.39. The molecule has 2 saturated carbocycles. The van der Waals surface area contributed by atoms with Crippen LogP contribution in [0.4, 0.5) is 0 Å². The van der Waals surface area contributed by atoms with Crippen molar-refractivity contribution in [2.24, 2.45) is 28.6 Å². The summed E-state index contributed by atoms with van der Waals surface area (Å²) in [6, 6.07) is 0. The lowest BCUT2D eigenvalue weighted by Crippen LogP contribution is -2.53. The van der Waals surface area contributed by atoms with E-state index in [1.165, 1.54) is 11.1 Å². The maximum Gasteiger partial charge on any atom is 0.156 e. The highest BCUT2D eigenvalue weighted by Crippen LogP contribution is 2.66. The normalized spacial score (nSPS) is 50.1. The van der Waals surface area contributed by atoms with E-state index in [1.54, 1.807) is 0 Å². The Morgan fingerprint density at radius 1 is 1.21 bits per heavy atom. The molecule has 0 heterocycles. The molecule has 0 aromatic rings. The van der Waals surface area contributed by atoms with Gasteiger partial charge >= 0.3 is 0 Å². The summed E-state index contributed by atoms with van der Waals surface area (Å²) in [4.78, 5) is 12.0. The van der Waals surface area contributed by atoms with Gasteiger partial charge < -0.3 is 5.11 Å². The smallest absolute Gasteiger partial charge is 0.156 e. The number of carbonyl (C=O) groups excluding carboxylic acids is 1. The van der Waals surface area contributed by atoms with Crippen LogP contribution in [-0.2, 0) is 4.79 Å². The lowest BCUT2D eigenvalue weighted by molar-refractivity contribution is -0.117. The number of terminal acetylenes is 1. The number of fused-ring (bicyclic) bond motifs is 5. The fraction of sp³-hybridized carbons (Fsp3) is 0.682. The van der Waals surface area contributed by atoms with Gasteiger partial charge in [-0.3, -0.25) is 4.79 Å². The van der Waals surface area contributed by atoms with Gasteiger partial charge in [0.1, 0.15) is 5.60 Å². The van der Waals surface area contributed by atoms with Gasteiger partial charge in [-0.1, -0.05) is 31.4 Å². The third-order valence-electron chi connectivity index (χ3n) is 8.22. The van der Waals surface area contributed by atoms with Crippen LogP contribution in [0.15, 0.2) is 23.3 Å². The van der Waals surface area contributed by atoms with Crippen LogP contribution in [0.2, 0.25) is 0 Å². The molecule has 2 fully saturated rings. The molecule has 0 aliphatic heterocycles. The van der Waals surface area contributed by atoms with Gasteiger partial charge in [-0.25, -0.2) is 0 Å². The molecule has 24 heavy (non-hydrogen) atoms. The van der Waals surface area contributed by atoms with Crippen LogP contribution < -0.4 is 0 Å². The second-order valence-corrected chi connectivity index (χ2v) is 9.08. The molecule has 4 aliphatic rings. The zero-order valence-electron chi connectivity index (χ0n) is 15.1. The van der Waals surface area contributed by atoms with Gasteiger partial charge in [-0.15, -0.1) is 6.42 Å². The van der Waals surface area contributed by atoms with Crippen molar-refractivity contribution in [2.75, 3.05) is 0 Å². The van der Waals surface area contributed by atoms with Crippen LogP contribution in [0.1, 0.15) is 59.3 Å². The van der Waals surface area contributed by atoms with Crippen molar-refractivity contribution in [3.05, 3.63) is 23.3 Å². The van der Waals surface area contributed by atoms with Crippen molar-refractivity contribution in [3.63, 3.8) is 0 Å². The Morgan fingerprint density at radius 3 is 2.62 bits per heavy atom. The molecule has 2 nitrogen and oxygen atoms in total. The van der Waals surface area contributed by atoms with Gasteiger partial charge in [0.2, 0.25) is 0 Å². The predicted molar refractivity (Wildman–Crippen MR) is 95.0 cm³/mol. The minimum Gasteiger partial charge on any atom is -0.377 e. The van der Waals surface area contributed by atoms with E-state index < -0.39 is 5.60 Å². The number of carbonyl (C=O) groups is 1. The Bertz CT molecular complexity index is 708. The van der Waals surface area contributed by atoms with Crippen molar-refractivity contribution >= 4 is 5.78 Å². The van der Waals surface area contributed by atoms with Crippen LogP contribution in [0.3, 0.4) is 0 Å². The molecule has 128 valence electrons. The summed E-state index contributed by atoms with van der Waals surface area (Å²) in [5.41, 5.74) is 1.52. The van der Waals surface area contributed by atoms with Crippen molar-refractivity contribution in [1.29, 1.82) is 0 Å². The second-order valence-electron chi connectivity index (χ2n) is 9.08. The van der Waals surface area contributed by atoms with Gasteiger partial charge in [0, 0.05) is 11.8 Å². The van der Waals surface area contributed by atoms with Crippen LogP contribution in [-0.4, -0.2) is 16.5 Å². The summed E-state index contributed by atoms with van der Waals surface area (Å²) in [7, 11) is 0. The lowest BCUT2D eigenvalue weighted by atomic mass is 9.47. The Morgan fingerprint density at radius 2 is 1.92 bits per heavy atom. The molecule has 0 aromatic heterocycles. The number of rotatable bonds is 0. The molecule has 3 unspecified atom stereocenters. The van der Waals surface area contributed by atoms with Crippen LogP contribution in [0, 0.1) is 40.9 Å². The SMILES string of the molecule is C#C[C@]1(O)CCC2C3C=C(C)C4=CC(=O)CC[C@]4(C)C3CC[C@@]21C. The maximum absolute atomic E-state index is 12.0. The topological polar surface area (TPSA) is 37.3 Å². The Balaban J connectivity index is 1.81. The van der Waals surface area contributed by atoms with Crippen molar-refractivity contribution in [3.8, 4) is 12.3 Å². The van der Waals surface area contributed by atoms with E-state index in [1.807, 2.05) is 6.08 Å². The molecule has 1 N–H and O–H groups in total. The standard InChI is InChI=1S/C22H28O2/c1-5-22(24)11-8-18-16-12-14(2)19-13-15(23)6-9-20(19,3)17(16)7-10-21(18,22)4/h1,12-13,16-18,24H,6-11H2,2-4H3/t16?,17?,18?,20-,21+,22+/m1/s1. The molecular formula is C22H28O2. The summed E-state index contributed by atoms with van der Waals surface area (Å²) in [5, 5.41) is 11.0. The van der Waals surface area contributed by atoms with Gasteiger partial charge in [-0.2, -0.15) is 0 Å². The van der Waals surface area contributed by atoms with Gasteiger partial charge in [-0.05, 0) is 73.8 Å². The third kappa shape index (κ3) is 1.80. The minimum absolute atomic E-state index is 0.107. The van der Waals surface area contributed by atoms with Crippen LogP contribution >= 0.6 is 0 Å². The highest BCUT2D eigenvalue weighted by molar-refractivity contribution is 5.92. The molecule has 4 rings (SSSR count). The van der Waals surface area contributed by atoms with E-state index in [4.69, 9.17) is 6.42 Å². The molecule has 0 saturated heterocycles. The number of aliphatic hydroxyl groups is 1. The summed E-state index contributed by atoms with van der Waals surface area (Å²) < 4.78 is 0. The van der Waals surface area contributed by atoms with Crippen molar-refractivity contribution in [2.45, 2.75) is 64.9 Å². The quantitative estimate of drug-likeness (QED) is 0.683. The average molecular weight is 324 g/mol. The zero-order valence-corrected chi connectivity index (χ0v) is 15.1. The van der Waals surface area contributed by atoms with Gasteiger partial charge in [0.05, 0.1) is 0 Å². The lowest BCUT2D eigenvalue weighted by Gasteiger charge is -2.57. The fourth-order valence-electron chi connectivity index (χ4n) is 6.67. The molecule has 0 amide bonds. The van der Waals surface area contributed by atoms with E-state index in [0.717, 1.165) is 32.1 Å². The van der Waals surface area contributed by atoms with E-state index >= 15 is 0 Å². The summed E-state index contributed by atoms with van der Waals surface area (Å²) in [5.74, 6) is 4.50. The molecule has 4 aliphatic carbocycles. The molecular weight excluding hydrogens is 296 g/mol.